The number of carbonyl (C=O) groups is 1. The highest BCUT2D eigenvalue weighted by atomic mass is 16.6. The average Bonchev–Trinajstić information content (AvgIpc) is 2.26. The molecule has 76 valence electrons. The van der Waals surface area contributed by atoms with E-state index >= 15 is 0 Å². The molecule has 6 nitrogen and oxygen atoms in total. The lowest BCUT2D eigenvalue weighted by atomic mass is 10.1. The summed E-state index contributed by atoms with van der Waals surface area (Å²) in [6.45, 7) is 0. The number of hydrogen-bond donors (Lipinski definition) is 0. The van der Waals surface area contributed by atoms with Crippen LogP contribution in [0.2, 0.25) is 0 Å². The van der Waals surface area contributed by atoms with Gasteiger partial charge < -0.3 is 4.74 Å². The van der Waals surface area contributed by atoms with Crippen LogP contribution in [0, 0.1) is 21.4 Å². The Morgan fingerprint density at radius 3 is 2.67 bits per heavy atom. The second-order valence-corrected chi connectivity index (χ2v) is 2.59. The van der Waals surface area contributed by atoms with E-state index in [0.717, 1.165) is 6.07 Å². The van der Waals surface area contributed by atoms with Crippen LogP contribution in [-0.4, -0.2) is 18.3 Å². The third kappa shape index (κ3) is 1.91. The van der Waals surface area contributed by atoms with Crippen LogP contribution in [0.25, 0.3) is 0 Å². The molecule has 0 radical (unpaired) electrons. The van der Waals surface area contributed by atoms with E-state index in [1.807, 2.05) is 0 Å². The second-order valence-electron chi connectivity index (χ2n) is 2.59. The predicted molar refractivity (Wildman–Crippen MR) is 49.8 cm³/mol. The Morgan fingerprint density at radius 1 is 1.60 bits per heavy atom. The SMILES string of the molecule is COc1cc(C#N)c(C=O)c([N+](=O)[O-])c1. The number of aldehydes is 1. The number of nitro benzene ring substituents is 1. The van der Waals surface area contributed by atoms with E-state index in [9.17, 15) is 14.9 Å². The first-order valence-electron chi connectivity index (χ1n) is 3.85. The molecule has 0 heterocycles. The zero-order valence-corrected chi connectivity index (χ0v) is 7.76. The molecular weight excluding hydrogens is 200 g/mol. The number of nitriles is 1. The second kappa shape index (κ2) is 4.19. The molecule has 0 bridgehead atoms. The molecule has 15 heavy (non-hydrogen) atoms. The number of rotatable bonds is 3. The van der Waals surface area contributed by atoms with E-state index in [4.69, 9.17) is 10.00 Å². The van der Waals surface area contributed by atoms with Gasteiger partial charge in [0.1, 0.15) is 17.4 Å². The molecule has 0 fully saturated rings. The molecular formula is C9H6N2O4. The molecule has 1 rings (SSSR count). The lowest BCUT2D eigenvalue weighted by Crippen LogP contribution is -1.99. The molecule has 0 amide bonds. The fourth-order valence-corrected chi connectivity index (χ4v) is 1.10. The summed E-state index contributed by atoms with van der Waals surface area (Å²) < 4.78 is 4.78. The van der Waals surface area contributed by atoms with E-state index in [1.54, 1.807) is 6.07 Å². The van der Waals surface area contributed by atoms with Crippen molar-refractivity contribution in [1.29, 1.82) is 5.26 Å². The number of nitrogens with zero attached hydrogens (tertiary/aromatic N) is 2. The van der Waals surface area contributed by atoms with Crippen molar-refractivity contribution in [2.24, 2.45) is 0 Å². The van der Waals surface area contributed by atoms with Crippen LogP contribution in [0.1, 0.15) is 15.9 Å². The fraction of sp³-hybridized carbons (Fsp3) is 0.111. The molecule has 0 saturated carbocycles. The van der Waals surface area contributed by atoms with E-state index < -0.39 is 10.6 Å². The molecule has 0 aliphatic rings. The van der Waals surface area contributed by atoms with Gasteiger partial charge in [-0.15, -0.1) is 0 Å². The fourth-order valence-electron chi connectivity index (χ4n) is 1.10. The van der Waals surface area contributed by atoms with Crippen LogP contribution in [0.15, 0.2) is 12.1 Å². The van der Waals surface area contributed by atoms with Crippen molar-refractivity contribution in [3.63, 3.8) is 0 Å². The zero-order valence-electron chi connectivity index (χ0n) is 7.76. The van der Waals surface area contributed by atoms with Crippen molar-refractivity contribution < 1.29 is 14.5 Å². The summed E-state index contributed by atoms with van der Waals surface area (Å²) in [6.07, 6.45) is 0.288. The minimum atomic E-state index is -0.729. The van der Waals surface area contributed by atoms with Crippen LogP contribution in [-0.2, 0) is 0 Å². The zero-order chi connectivity index (χ0) is 11.4. The van der Waals surface area contributed by atoms with E-state index in [2.05, 4.69) is 0 Å². The van der Waals surface area contributed by atoms with Crippen LogP contribution in [0.5, 0.6) is 5.75 Å². The van der Waals surface area contributed by atoms with Gasteiger partial charge in [-0.1, -0.05) is 0 Å². The first kappa shape index (κ1) is 10.7. The Labute approximate surface area is 84.8 Å². The number of carbonyl (C=O) groups excluding carboxylic acids is 1. The summed E-state index contributed by atoms with van der Waals surface area (Å²) in [6, 6.07) is 4.08. The molecule has 0 N–H and O–H groups in total. The van der Waals surface area contributed by atoms with Gasteiger partial charge in [0.15, 0.2) is 6.29 Å². The number of hydrogen-bond acceptors (Lipinski definition) is 5. The van der Waals surface area contributed by atoms with E-state index in [0.29, 0.717) is 0 Å². The summed E-state index contributed by atoms with van der Waals surface area (Å²) in [5.74, 6) is 0.170. The molecule has 1 aromatic carbocycles. The number of benzene rings is 1. The van der Waals surface area contributed by atoms with Gasteiger partial charge in [0, 0.05) is 0 Å². The number of ether oxygens (including phenoxy) is 1. The summed E-state index contributed by atoms with van der Waals surface area (Å²) in [5, 5.41) is 19.3. The Bertz CT molecular complexity index is 462. The van der Waals surface area contributed by atoms with Crippen molar-refractivity contribution in [3.8, 4) is 11.8 Å². The highest BCUT2D eigenvalue weighted by Gasteiger charge is 2.19. The Morgan fingerprint density at radius 2 is 2.27 bits per heavy atom. The molecule has 0 spiro atoms. The molecule has 0 aliphatic heterocycles. The third-order valence-corrected chi connectivity index (χ3v) is 1.80. The lowest BCUT2D eigenvalue weighted by Gasteiger charge is -2.02. The van der Waals surface area contributed by atoms with Gasteiger partial charge in [-0.2, -0.15) is 5.26 Å². The minimum Gasteiger partial charge on any atom is -0.496 e. The van der Waals surface area contributed by atoms with Gasteiger partial charge in [0.05, 0.1) is 23.7 Å². The van der Waals surface area contributed by atoms with E-state index in [-0.39, 0.29) is 23.2 Å². The molecule has 6 heteroatoms. The largest absolute Gasteiger partial charge is 0.496 e. The summed E-state index contributed by atoms with van der Waals surface area (Å²) in [4.78, 5) is 20.5. The van der Waals surface area contributed by atoms with Crippen LogP contribution < -0.4 is 4.74 Å². The molecule has 0 aliphatic carbocycles. The van der Waals surface area contributed by atoms with E-state index in [1.165, 1.54) is 13.2 Å². The average molecular weight is 206 g/mol. The van der Waals surface area contributed by atoms with Crippen LogP contribution in [0.3, 0.4) is 0 Å². The Balaban J connectivity index is 3.54. The number of methoxy groups -OCH3 is 1. The molecule has 0 aromatic heterocycles. The quantitative estimate of drug-likeness (QED) is 0.422. The summed E-state index contributed by atoms with van der Waals surface area (Å²) >= 11 is 0. The van der Waals surface area contributed by atoms with Crippen molar-refractivity contribution >= 4 is 12.0 Å². The normalized spacial score (nSPS) is 9.07. The topological polar surface area (TPSA) is 93.2 Å². The maximum atomic E-state index is 10.6. The lowest BCUT2D eigenvalue weighted by molar-refractivity contribution is -0.385. The van der Waals surface area contributed by atoms with Gasteiger partial charge in [0.25, 0.3) is 5.69 Å². The maximum absolute atomic E-state index is 10.6. The van der Waals surface area contributed by atoms with Crippen molar-refractivity contribution in [2.75, 3.05) is 7.11 Å². The number of nitro groups is 1. The van der Waals surface area contributed by atoms with Gasteiger partial charge in [0.2, 0.25) is 0 Å². The maximum Gasteiger partial charge on any atom is 0.284 e. The molecule has 1 aromatic rings. The smallest absolute Gasteiger partial charge is 0.284 e. The Hall–Kier alpha value is -2.42. The first-order chi connectivity index (χ1) is 7.13. The summed E-state index contributed by atoms with van der Waals surface area (Å²) in [5.41, 5.74) is -0.736. The minimum absolute atomic E-state index is 0.0731. The highest BCUT2D eigenvalue weighted by Crippen LogP contribution is 2.26. The predicted octanol–water partition coefficient (Wildman–Crippen LogP) is 1.29. The standard InChI is InChI=1S/C9H6N2O4/c1-15-7-2-6(4-10)8(5-12)9(3-7)11(13)14/h2-3,5H,1H3. The highest BCUT2D eigenvalue weighted by molar-refractivity contribution is 5.86. The van der Waals surface area contributed by atoms with Gasteiger partial charge >= 0.3 is 0 Å². The monoisotopic (exact) mass is 206 g/mol. The molecule has 0 saturated heterocycles. The van der Waals surface area contributed by atoms with Gasteiger partial charge in [-0.25, -0.2) is 0 Å². The van der Waals surface area contributed by atoms with Crippen LogP contribution in [0.4, 0.5) is 5.69 Å². The first-order valence-corrected chi connectivity index (χ1v) is 3.85. The third-order valence-electron chi connectivity index (χ3n) is 1.80. The Kier molecular flexibility index (Phi) is 2.98. The molecule has 0 unspecified atom stereocenters. The molecule has 0 atom stereocenters. The van der Waals surface area contributed by atoms with Crippen LogP contribution >= 0.6 is 0 Å². The van der Waals surface area contributed by atoms with Gasteiger partial charge in [-0.05, 0) is 6.07 Å². The van der Waals surface area contributed by atoms with Crippen molar-refractivity contribution in [1.82, 2.24) is 0 Å². The van der Waals surface area contributed by atoms with Gasteiger partial charge in [-0.3, -0.25) is 14.9 Å². The van der Waals surface area contributed by atoms with Crippen molar-refractivity contribution in [2.45, 2.75) is 0 Å². The summed E-state index contributed by atoms with van der Waals surface area (Å²) in [7, 11) is 1.32. The van der Waals surface area contributed by atoms with Crippen molar-refractivity contribution in [3.05, 3.63) is 33.4 Å².